The Bertz CT molecular complexity index is 3730. The molecule has 1 atom stereocenters. The molecule has 0 aliphatic heterocycles. The van der Waals surface area contributed by atoms with Gasteiger partial charge in [0.25, 0.3) is 0 Å². The van der Waals surface area contributed by atoms with Crippen molar-refractivity contribution in [3.05, 3.63) is 225 Å². The van der Waals surface area contributed by atoms with E-state index in [4.69, 9.17) is 11.6 Å². The Hall–Kier alpha value is -7.33. The van der Waals surface area contributed by atoms with E-state index in [1.807, 2.05) is 11.3 Å². The van der Waals surface area contributed by atoms with Gasteiger partial charge in [-0.05, 0) is 147 Å². The molecule has 0 saturated heterocycles. The molecule has 312 valence electrons. The molecule has 1 unspecified atom stereocenters. The summed E-state index contributed by atoms with van der Waals surface area (Å²) in [7, 11) is 0. The first-order valence-electron chi connectivity index (χ1n) is 23.0. The number of nitrogens with zero attached hydrogens (tertiary/aromatic N) is 2. The quantitative estimate of drug-likeness (QED) is 0.112. The summed E-state index contributed by atoms with van der Waals surface area (Å²) in [6.45, 7) is 9.30. The van der Waals surface area contributed by atoms with Crippen molar-refractivity contribution in [2.24, 2.45) is 4.99 Å². The van der Waals surface area contributed by atoms with Gasteiger partial charge in [0.2, 0.25) is 0 Å². The summed E-state index contributed by atoms with van der Waals surface area (Å²) in [5, 5.41) is 9.04. The van der Waals surface area contributed by atoms with Crippen molar-refractivity contribution >= 4 is 95.1 Å². The average Bonchev–Trinajstić information content (AvgIpc) is 3.75. The first-order valence-corrected chi connectivity index (χ1v) is 23.8. The summed E-state index contributed by atoms with van der Waals surface area (Å²) >= 11 is 1.84. The molecule has 0 fully saturated rings. The molecule has 0 amide bonds. The van der Waals surface area contributed by atoms with Crippen molar-refractivity contribution < 1.29 is 0 Å². The highest BCUT2D eigenvalue weighted by Gasteiger charge is 2.26. The molecule has 7 aromatic carbocycles. The van der Waals surface area contributed by atoms with E-state index < -0.39 is 0 Å². The van der Waals surface area contributed by atoms with Gasteiger partial charge in [0.15, 0.2) is 0 Å². The second-order valence-corrected chi connectivity index (χ2v) is 18.8. The van der Waals surface area contributed by atoms with E-state index in [1.165, 1.54) is 92.2 Å². The molecule has 0 N–H and O–H groups in total. The summed E-state index contributed by atoms with van der Waals surface area (Å²) in [5.41, 5.74) is 16.8. The number of hydrogen-bond acceptors (Lipinski definition) is 2. The smallest absolute Gasteiger partial charge is 0.0900 e. The molecule has 0 bridgehead atoms. The summed E-state index contributed by atoms with van der Waals surface area (Å²) in [5.74, 6) is 0.429. The normalized spacial score (nSPS) is 15.9. The van der Waals surface area contributed by atoms with E-state index in [2.05, 4.69) is 207 Å². The highest BCUT2D eigenvalue weighted by Crippen LogP contribution is 2.46. The minimum atomic E-state index is 0.429. The number of benzene rings is 7. The average molecular weight is 853 g/mol. The number of aromatic nitrogens is 1. The van der Waals surface area contributed by atoms with Gasteiger partial charge in [-0.3, -0.25) is 4.99 Å². The van der Waals surface area contributed by atoms with Crippen molar-refractivity contribution in [3.63, 3.8) is 0 Å². The van der Waals surface area contributed by atoms with Crippen LogP contribution in [0.5, 0.6) is 0 Å². The number of thiophene rings is 1. The van der Waals surface area contributed by atoms with E-state index in [1.54, 1.807) is 0 Å². The highest BCUT2D eigenvalue weighted by molar-refractivity contribution is 7.11. The maximum atomic E-state index is 5.63. The minimum absolute atomic E-state index is 0.429. The van der Waals surface area contributed by atoms with E-state index in [-0.39, 0.29) is 0 Å². The van der Waals surface area contributed by atoms with Crippen LogP contribution in [0.2, 0.25) is 0 Å². The van der Waals surface area contributed by atoms with Crippen LogP contribution in [-0.2, 0) is 0 Å². The van der Waals surface area contributed by atoms with Crippen LogP contribution in [0.1, 0.15) is 78.1 Å². The van der Waals surface area contributed by atoms with Crippen molar-refractivity contribution in [2.45, 2.75) is 45.4 Å². The molecule has 0 saturated carbocycles. The number of para-hydroxylation sites is 1. The van der Waals surface area contributed by atoms with E-state index in [0.29, 0.717) is 5.92 Å². The molecule has 3 aliphatic carbocycles. The number of hydrogen-bond donors (Lipinski definition) is 0. The zero-order valence-electron chi connectivity index (χ0n) is 36.8. The minimum Gasteiger partial charge on any atom is -0.310 e. The number of aliphatic imine (C=N–C) groups is 1. The van der Waals surface area contributed by atoms with Gasteiger partial charge in [-0.2, -0.15) is 0 Å². The van der Waals surface area contributed by atoms with Crippen LogP contribution in [0.4, 0.5) is 5.69 Å². The highest BCUT2D eigenvalue weighted by atomic mass is 32.1. The Balaban J connectivity index is 1.20. The standard InChI is InChI=1S/C62H48N2S/c1-39-20-18-30-49-54-37-51(44-34-35-57-55(36-44)47-28-16-17-32-56(47)64(57)45-25-12-4-5-13-26-45)53(38-52(54)46-27-14-15-29-48(46)59(39)49)50-31-19-33-58-60(50)61(63-41(3)43-23-10-7-11-24-43)62(65-58)40(2)42-21-8-6-9-22-42/h4-12,14-18,21-30,32-39H,2,13,19-20,31H2,1,3H3. The predicted molar refractivity (Wildman–Crippen MR) is 282 cm³/mol. The molecule has 0 radical (unpaired) electrons. The van der Waals surface area contributed by atoms with Crippen LogP contribution in [-0.4, -0.2) is 10.3 Å². The Morgan fingerprint density at radius 1 is 0.662 bits per heavy atom. The molecular weight excluding hydrogens is 805 g/mol. The predicted octanol–water partition coefficient (Wildman–Crippen LogP) is 15.7. The maximum Gasteiger partial charge on any atom is 0.0900 e. The van der Waals surface area contributed by atoms with E-state index in [9.17, 15) is 0 Å². The molecule has 3 aliphatic rings. The van der Waals surface area contributed by atoms with Crippen LogP contribution >= 0.6 is 11.3 Å². The van der Waals surface area contributed by atoms with Crippen molar-refractivity contribution in [2.75, 3.05) is 0 Å². The monoisotopic (exact) mass is 852 g/mol. The van der Waals surface area contributed by atoms with Gasteiger partial charge in [0.1, 0.15) is 0 Å². The molecule has 65 heavy (non-hydrogen) atoms. The SMILES string of the molecule is C=C(c1ccccc1)c1sc2c(c1N=C(C)c1ccccc1)=C(c1cc3c(cc1-c1ccc4c(c1)c1ccccc1n4C1=CCC=CC=C1)c1c(c4ccccc43)C(C)CC=C1)CCC=2. The lowest BCUT2D eigenvalue weighted by Gasteiger charge is -2.25. The zero-order valence-corrected chi connectivity index (χ0v) is 37.6. The Morgan fingerprint density at radius 3 is 2.22 bits per heavy atom. The third-order valence-corrected chi connectivity index (χ3v) is 15.1. The second-order valence-electron chi connectivity index (χ2n) is 17.7. The Morgan fingerprint density at radius 2 is 1.38 bits per heavy atom. The maximum absolute atomic E-state index is 5.63. The van der Waals surface area contributed by atoms with Gasteiger partial charge in [-0.25, -0.2) is 0 Å². The van der Waals surface area contributed by atoms with Gasteiger partial charge in [0.05, 0.1) is 21.6 Å². The molecule has 3 heteroatoms. The summed E-state index contributed by atoms with van der Waals surface area (Å²) in [4.78, 5) is 6.76. The van der Waals surface area contributed by atoms with Gasteiger partial charge < -0.3 is 4.57 Å². The largest absolute Gasteiger partial charge is 0.310 e. The topological polar surface area (TPSA) is 17.3 Å². The third kappa shape index (κ3) is 6.56. The van der Waals surface area contributed by atoms with Gasteiger partial charge >= 0.3 is 0 Å². The first-order chi connectivity index (χ1) is 32.0. The molecule has 2 nitrogen and oxygen atoms in total. The number of fused-ring (bicyclic) bond motifs is 10. The van der Waals surface area contributed by atoms with E-state index in [0.717, 1.165) is 58.7 Å². The van der Waals surface area contributed by atoms with Gasteiger partial charge in [-0.15, -0.1) is 11.3 Å². The van der Waals surface area contributed by atoms with Crippen molar-refractivity contribution in [1.29, 1.82) is 0 Å². The lowest BCUT2D eigenvalue weighted by molar-refractivity contribution is 0.781. The molecule has 0 spiro atoms. The molecule has 9 aromatic rings. The van der Waals surface area contributed by atoms with Crippen molar-refractivity contribution in [3.8, 4) is 11.1 Å². The van der Waals surface area contributed by atoms with E-state index >= 15 is 0 Å². The fourth-order valence-electron chi connectivity index (χ4n) is 10.8. The Kier molecular flexibility index (Phi) is 9.69. The fraction of sp³-hybridized carbons (Fsp3) is 0.113. The van der Waals surface area contributed by atoms with Crippen LogP contribution in [0.15, 0.2) is 188 Å². The molecular formula is C62H48N2S. The first kappa shape index (κ1) is 39.3. The molecule has 2 aromatic heterocycles. The third-order valence-electron chi connectivity index (χ3n) is 13.9. The summed E-state index contributed by atoms with van der Waals surface area (Å²) in [6, 6.07) is 51.5. The molecule has 12 rings (SSSR count). The second kappa shape index (κ2) is 16.0. The number of allylic oxidation sites excluding steroid dienone is 7. The van der Waals surface area contributed by atoms with Crippen LogP contribution < -0.4 is 9.75 Å². The molecule has 2 heterocycles. The van der Waals surface area contributed by atoms with Gasteiger partial charge in [0, 0.05) is 31.9 Å². The lowest BCUT2D eigenvalue weighted by atomic mass is 9.79. The zero-order chi connectivity index (χ0) is 43.6. The van der Waals surface area contributed by atoms with Crippen LogP contribution in [0.25, 0.3) is 83.5 Å². The van der Waals surface area contributed by atoms with Gasteiger partial charge in [-0.1, -0.05) is 165 Å². The fourth-order valence-corrected chi connectivity index (χ4v) is 12.0. The summed E-state index contributed by atoms with van der Waals surface area (Å²) in [6.07, 6.45) is 22.1. The number of rotatable bonds is 7. The summed E-state index contributed by atoms with van der Waals surface area (Å²) < 4.78 is 3.71. The van der Waals surface area contributed by atoms with Crippen molar-refractivity contribution in [1.82, 2.24) is 4.57 Å². The van der Waals surface area contributed by atoms with Crippen LogP contribution in [0.3, 0.4) is 0 Å². The van der Waals surface area contributed by atoms with Crippen LogP contribution in [0, 0.1) is 0 Å². The lowest BCUT2D eigenvalue weighted by Crippen LogP contribution is -2.25. The Labute approximate surface area is 384 Å².